The number of halogens is 2. The van der Waals surface area contributed by atoms with E-state index in [-0.39, 0.29) is 24.5 Å². The molecule has 0 fully saturated rings. The molecule has 3 aromatic carbocycles. The number of nitro groups is 1. The van der Waals surface area contributed by atoms with Gasteiger partial charge in [0, 0.05) is 17.2 Å². The molecule has 0 spiro atoms. The normalized spacial score (nSPS) is 10.8. The molecule has 3 rings (SSSR count). The maximum absolute atomic E-state index is 13.7. The average Bonchev–Trinajstić information content (AvgIpc) is 2.74. The Kier molecular flexibility index (Phi) is 7.65. The number of para-hydroxylation sites is 1. The molecule has 0 saturated carbocycles. The predicted octanol–water partition coefficient (Wildman–Crippen LogP) is 4.61. The third-order valence-corrected chi connectivity index (χ3v) is 5.08. The highest BCUT2D eigenvalue weighted by atomic mass is 127. The van der Waals surface area contributed by atoms with Crippen LogP contribution < -0.4 is 10.2 Å². The lowest BCUT2D eigenvalue weighted by Gasteiger charge is -2.09. The molecule has 3 aromatic rings. The zero-order chi connectivity index (χ0) is 22.2. The van der Waals surface area contributed by atoms with Crippen molar-refractivity contribution in [1.29, 1.82) is 0 Å². The standard InChI is InChI=1S/C22H17FIN3O4/c23-18-7-3-1-6-17(18)14-31-21-10-9-15(11-19(21)24)13-25-26-22(28)12-16-5-2-4-8-20(16)27(29)30/h1-11,13H,12,14H2,(H,26,28)/b25-13+. The summed E-state index contributed by atoms with van der Waals surface area (Å²) in [5.74, 6) is -0.190. The Hall–Kier alpha value is -3.34. The molecule has 0 saturated heterocycles. The largest absolute Gasteiger partial charge is 0.488 e. The summed E-state index contributed by atoms with van der Waals surface area (Å²) >= 11 is 2.10. The van der Waals surface area contributed by atoms with Gasteiger partial charge in [-0.2, -0.15) is 5.10 Å². The van der Waals surface area contributed by atoms with Gasteiger partial charge < -0.3 is 4.74 Å². The monoisotopic (exact) mass is 533 g/mol. The van der Waals surface area contributed by atoms with Gasteiger partial charge in [-0.3, -0.25) is 14.9 Å². The van der Waals surface area contributed by atoms with Crippen molar-refractivity contribution in [3.05, 3.63) is 103 Å². The van der Waals surface area contributed by atoms with E-state index in [9.17, 15) is 19.3 Å². The van der Waals surface area contributed by atoms with Crippen molar-refractivity contribution < 1.29 is 18.8 Å². The second-order valence-corrected chi connectivity index (χ2v) is 7.59. The van der Waals surface area contributed by atoms with E-state index in [1.54, 1.807) is 48.5 Å². The first-order valence-corrected chi connectivity index (χ1v) is 10.2. The lowest BCUT2D eigenvalue weighted by Crippen LogP contribution is -2.20. The minimum Gasteiger partial charge on any atom is -0.488 e. The van der Waals surface area contributed by atoms with Gasteiger partial charge in [-0.15, -0.1) is 0 Å². The lowest BCUT2D eigenvalue weighted by molar-refractivity contribution is -0.385. The molecule has 1 amide bonds. The minimum atomic E-state index is -0.524. The topological polar surface area (TPSA) is 93.8 Å². The van der Waals surface area contributed by atoms with Crippen LogP contribution in [0.1, 0.15) is 16.7 Å². The molecular weight excluding hydrogens is 516 g/mol. The third-order valence-electron chi connectivity index (χ3n) is 4.24. The molecule has 0 radical (unpaired) electrons. The molecule has 0 heterocycles. The Morgan fingerprint density at radius 3 is 2.55 bits per heavy atom. The number of benzene rings is 3. The maximum Gasteiger partial charge on any atom is 0.273 e. The number of ether oxygens (including phenoxy) is 1. The molecule has 0 aliphatic rings. The SMILES string of the molecule is O=C(Cc1ccccc1[N+](=O)[O-])N/N=C/c1ccc(OCc2ccccc2F)c(I)c1. The molecule has 158 valence electrons. The molecular formula is C22H17FIN3O4. The number of amides is 1. The Bertz CT molecular complexity index is 1140. The Balaban J connectivity index is 1.56. The molecule has 0 aliphatic heterocycles. The van der Waals surface area contributed by atoms with E-state index in [2.05, 4.69) is 33.1 Å². The molecule has 0 atom stereocenters. The average molecular weight is 533 g/mol. The first-order chi connectivity index (χ1) is 14.9. The minimum absolute atomic E-state index is 0.109. The zero-order valence-electron chi connectivity index (χ0n) is 16.1. The molecule has 9 heteroatoms. The number of carbonyl (C=O) groups excluding carboxylic acids is 1. The summed E-state index contributed by atoms with van der Waals surface area (Å²) in [6, 6.07) is 17.8. The molecule has 0 aromatic heterocycles. The van der Waals surface area contributed by atoms with Crippen LogP contribution in [0.5, 0.6) is 5.75 Å². The van der Waals surface area contributed by atoms with Gasteiger partial charge in [0.15, 0.2) is 0 Å². The first-order valence-electron chi connectivity index (χ1n) is 9.14. The number of hydrogen-bond donors (Lipinski definition) is 1. The van der Waals surface area contributed by atoms with Crippen LogP contribution in [0.4, 0.5) is 10.1 Å². The lowest BCUT2D eigenvalue weighted by atomic mass is 10.1. The summed E-state index contributed by atoms with van der Waals surface area (Å²) < 4.78 is 20.2. The van der Waals surface area contributed by atoms with Crippen LogP contribution in [-0.4, -0.2) is 17.0 Å². The smallest absolute Gasteiger partial charge is 0.273 e. The van der Waals surface area contributed by atoms with Crippen LogP contribution in [0.15, 0.2) is 71.8 Å². The van der Waals surface area contributed by atoms with Crippen molar-refractivity contribution in [3.63, 3.8) is 0 Å². The third kappa shape index (κ3) is 6.32. The summed E-state index contributed by atoms with van der Waals surface area (Å²) in [7, 11) is 0. The number of hydrogen-bond acceptors (Lipinski definition) is 5. The van der Waals surface area contributed by atoms with E-state index in [0.29, 0.717) is 22.4 Å². The van der Waals surface area contributed by atoms with Crippen molar-refractivity contribution in [1.82, 2.24) is 5.43 Å². The molecule has 0 bridgehead atoms. The van der Waals surface area contributed by atoms with E-state index < -0.39 is 10.8 Å². The second kappa shape index (κ2) is 10.6. The fourth-order valence-corrected chi connectivity index (χ4v) is 3.41. The molecule has 0 aliphatic carbocycles. The molecule has 7 nitrogen and oxygen atoms in total. The second-order valence-electron chi connectivity index (χ2n) is 6.43. The van der Waals surface area contributed by atoms with Crippen molar-refractivity contribution in [3.8, 4) is 5.75 Å². The number of hydrazone groups is 1. The highest BCUT2D eigenvalue weighted by Gasteiger charge is 2.15. The predicted molar refractivity (Wildman–Crippen MR) is 122 cm³/mol. The highest BCUT2D eigenvalue weighted by molar-refractivity contribution is 14.1. The van der Waals surface area contributed by atoms with Crippen LogP contribution in [0.3, 0.4) is 0 Å². The fraction of sp³-hybridized carbons (Fsp3) is 0.0909. The number of carbonyl (C=O) groups is 1. The fourth-order valence-electron chi connectivity index (χ4n) is 2.72. The molecule has 31 heavy (non-hydrogen) atoms. The van der Waals surface area contributed by atoms with Crippen LogP contribution in [0, 0.1) is 19.5 Å². The van der Waals surface area contributed by atoms with Crippen LogP contribution in [0.2, 0.25) is 0 Å². The Labute approximate surface area is 191 Å². The number of nitrogens with one attached hydrogen (secondary N) is 1. The number of nitro benzene ring substituents is 1. The summed E-state index contributed by atoms with van der Waals surface area (Å²) in [6.45, 7) is 0.109. The van der Waals surface area contributed by atoms with Gasteiger partial charge in [-0.1, -0.05) is 36.4 Å². The van der Waals surface area contributed by atoms with Gasteiger partial charge >= 0.3 is 0 Å². The van der Waals surface area contributed by atoms with E-state index in [1.807, 2.05) is 0 Å². The van der Waals surface area contributed by atoms with E-state index in [0.717, 1.165) is 3.57 Å². The quantitative estimate of drug-likeness (QED) is 0.198. The van der Waals surface area contributed by atoms with E-state index >= 15 is 0 Å². The summed E-state index contributed by atoms with van der Waals surface area (Å²) in [5.41, 5.74) is 3.75. The van der Waals surface area contributed by atoms with E-state index in [1.165, 1.54) is 24.4 Å². The van der Waals surface area contributed by atoms with Crippen molar-refractivity contribution in [2.24, 2.45) is 5.10 Å². The van der Waals surface area contributed by atoms with Crippen molar-refractivity contribution >= 4 is 40.4 Å². The van der Waals surface area contributed by atoms with Crippen molar-refractivity contribution in [2.45, 2.75) is 13.0 Å². The zero-order valence-corrected chi connectivity index (χ0v) is 18.3. The van der Waals surface area contributed by atoms with Crippen molar-refractivity contribution in [2.75, 3.05) is 0 Å². The van der Waals surface area contributed by atoms with Gasteiger partial charge in [0.2, 0.25) is 5.91 Å². The summed E-state index contributed by atoms with van der Waals surface area (Å²) in [6.07, 6.45) is 1.30. The van der Waals surface area contributed by atoms with Gasteiger partial charge in [-0.25, -0.2) is 9.82 Å². The van der Waals surface area contributed by atoms with Gasteiger partial charge in [0.1, 0.15) is 18.2 Å². The van der Waals surface area contributed by atoms with Gasteiger partial charge in [-0.05, 0) is 52.4 Å². The molecule has 0 unspecified atom stereocenters. The Morgan fingerprint density at radius 1 is 1.13 bits per heavy atom. The maximum atomic E-state index is 13.7. The highest BCUT2D eigenvalue weighted by Crippen LogP contribution is 2.23. The number of rotatable bonds is 8. The summed E-state index contributed by atoms with van der Waals surface area (Å²) in [4.78, 5) is 22.5. The van der Waals surface area contributed by atoms with E-state index in [4.69, 9.17) is 4.74 Å². The first kappa shape index (κ1) is 22.3. The molecule has 1 N–H and O–H groups in total. The number of nitrogens with zero attached hydrogens (tertiary/aromatic N) is 2. The van der Waals surface area contributed by atoms with Gasteiger partial charge in [0.25, 0.3) is 5.69 Å². The summed E-state index contributed by atoms with van der Waals surface area (Å²) in [5, 5.41) is 14.9. The van der Waals surface area contributed by atoms with Crippen LogP contribution in [-0.2, 0) is 17.8 Å². The Morgan fingerprint density at radius 2 is 1.84 bits per heavy atom. The van der Waals surface area contributed by atoms with Gasteiger partial charge in [0.05, 0.1) is 21.1 Å². The van der Waals surface area contributed by atoms with Crippen LogP contribution >= 0.6 is 22.6 Å². The van der Waals surface area contributed by atoms with Crippen LogP contribution in [0.25, 0.3) is 0 Å².